The van der Waals surface area contributed by atoms with Gasteiger partial charge in [-0.25, -0.2) is 4.79 Å². The Morgan fingerprint density at radius 1 is 1.05 bits per heavy atom. The molecular formula is C16H16O5. The van der Waals surface area contributed by atoms with Crippen LogP contribution in [0.5, 0.6) is 17.2 Å². The van der Waals surface area contributed by atoms with Crippen molar-refractivity contribution in [3.8, 4) is 17.2 Å². The molecule has 0 saturated carbocycles. The topological polar surface area (TPSA) is 65.0 Å². The van der Waals surface area contributed by atoms with Gasteiger partial charge in [0, 0.05) is 6.07 Å². The second kappa shape index (κ2) is 7.19. The normalized spacial score (nSPS) is 9.95. The Balaban J connectivity index is 2.02. The lowest BCUT2D eigenvalue weighted by molar-refractivity contribution is -0.139. The molecule has 0 saturated heterocycles. The lowest BCUT2D eigenvalue weighted by atomic mass is 10.2. The number of methoxy groups -OCH3 is 1. The molecule has 0 radical (unpaired) electrons. The van der Waals surface area contributed by atoms with E-state index in [1.807, 2.05) is 30.3 Å². The smallest absolute Gasteiger partial charge is 0.341 e. The molecule has 0 aliphatic rings. The fraction of sp³-hybridized carbons (Fsp3) is 0.188. The Labute approximate surface area is 122 Å². The number of rotatable bonds is 7. The highest BCUT2D eigenvalue weighted by molar-refractivity contribution is 5.68. The molecule has 1 N–H and O–H groups in total. The Kier molecular flexibility index (Phi) is 5.04. The van der Waals surface area contributed by atoms with Crippen LogP contribution in [0.25, 0.3) is 0 Å². The van der Waals surface area contributed by atoms with Crippen molar-refractivity contribution in [2.45, 2.75) is 6.61 Å². The first-order chi connectivity index (χ1) is 10.2. The van der Waals surface area contributed by atoms with Crippen LogP contribution in [0.2, 0.25) is 0 Å². The lowest BCUT2D eigenvalue weighted by Crippen LogP contribution is -2.10. The maximum Gasteiger partial charge on any atom is 0.341 e. The van der Waals surface area contributed by atoms with Crippen LogP contribution in [0.4, 0.5) is 0 Å². The van der Waals surface area contributed by atoms with E-state index in [1.165, 1.54) is 7.11 Å². The fourth-order valence-electron chi connectivity index (χ4n) is 1.74. The third-order valence-corrected chi connectivity index (χ3v) is 2.73. The van der Waals surface area contributed by atoms with Crippen LogP contribution in [-0.2, 0) is 11.4 Å². The fourth-order valence-corrected chi connectivity index (χ4v) is 1.74. The van der Waals surface area contributed by atoms with E-state index in [1.54, 1.807) is 18.2 Å². The summed E-state index contributed by atoms with van der Waals surface area (Å²) >= 11 is 0. The highest BCUT2D eigenvalue weighted by Gasteiger charge is 2.08. The van der Waals surface area contributed by atoms with Crippen molar-refractivity contribution in [1.82, 2.24) is 0 Å². The van der Waals surface area contributed by atoms with Gasteiger partial charge in [0.05, 0.1) is 7.11 Å². The highest BCUT2D eigenvalue weighted by atomic mass is 16.5. The molecule has 0 unspecified atom stereocenters. The van der Waals surface area contributed by atoms with Crippen LogP contribution in [0.1, 0.15) is 5.56 Å². The van der Waals surface area contributed by atoms with Crippen LogP contribution < -0.4 is 14.2 Å². The maximum absolute atomic E-state index is 10.5. The zero-order valence-electron chi connectivity index (χ0n) is 11.6. The van der Waals surface area contributed by atoms with E-state index in [9.17, 15) is 4.79 Å². The van der Waals surface area contributed by atoms with E-state index in [2.05, 4.69) is 0 Å². The Morgan fingerprint density at radius 3 is 2.48 bits per heavy atom. The third-order valence-electron chi connectivity index (χ3n) is 2.73. The van der Waals surface area contributed by atoms with E-state index < -0.39 is 12.6 Å². The van der Waals surface area contributed by atoms with Crippen molar-refractivity contribution < 1.29 is 24.1 Å². The monoisotopic (exact) mass is 288 g/mol. The maximum atomic E-state index is 10.5. The van der Waals surface area contributed by atoms with Crippen molar-refractivity contribution in [3.63, 3.8) is 0 Å². The second-order valence-corrected chi connectivity index (χ2v) is 4.27. The van der Waals surface area contributed by atoms with Crippen LogP contribution >= 0.6 is 0 Å². The summed E-state index contributed by atoms with van der Waals surface area (Å²) in [6, 6.07) is 14.8. The first-order valence-electron chi connectivity index (χ1n) is 6.38. The van der Waals surface area contributed by atoms with Crippen LogP contribution in [-0.4, -0.2) is 24.8 Å². The summed E-state index contributed by atoms with van der Waals surface area (Å²) in [6.45, 7) is 0.0277. The molecule has 21 heavy (non-hydrogen) atoms. The molecule has 5 nitrogen and oxygen atoms in total. The summed E-state index contributed by atoms with van der Waals surface area (Å²) in [4.78, 5) is 10.5. The molecule has 0 fully saturated rings. The van der Waals surface area contributed by atoms with Crippen molar-refractivity contribution >= 4 is 5.97 Å². The molecule has 110 valence electrons. The van der Waals surface area contributed by atoms with Gasteiger partial charge in [-0.1, -0.05) is 30.3 Å². The van der Waals surface area contributed by atoms with E-state index in [-0.39, 0.29) is 0 Å². The van der Waals surface area contributed by atoms with Crippen LogP contribution in [0.15, 0.2) is 48.5 Å². The van der Waals surface area contributed by atoms with Crippen molar-refractivity contribution in [2.75, 3.05) is 13.7 Å². The molecule has 0 aliphatic carbocycles. The molecule has 0 amide bonds. The van der Waals surface area contributed by atoms with Gasteiger partial charge in [0.15, 0.2) is 18.1 Å². The zero-order valence-corrected chi connectivity index (χ0v) is 11.6. The molecule has 0 bridgehead atoms. The van der Waals surface area contributed by atoms with E-state index in [0.29, 0.717) is 23.9 Å². The predicted octanol–water partition coefficient (Wildman–Crippen LogP) is 2.74. The molecular weight excluding hydrogens is 272 g/mol. The zero-order chi connectivity index (χ0) is 15.1. The van der Waals surface area contributed by atoms with Crippen LogP contribution in [0.3, 0.4) is 0 Å². The van der Waals surface area contributed by atoms with Crippen LogP contribution in [0, 0.1) is 0 Å². The first kappa shape index (κ1) is 14.7. The van der Waals surface area contributed by atoms with Gasteiger partial charge in [0.2, 0.25) is 0 Å². The Morgan fingerprint density at radius 2 is 1.81 bits per heavy atom. The van der Waals surface area contributed by atoms with Crippen molar-refractivity contribution in [3.05, 3.63) is 54.1 Å². The number of ether oxygens (including phenoxy) is 3. The molecule has 0 spiro atoms. The van der Waals surface area contributed by atoms with Gasteiger partial charge < -0.3 is 19.3 Å². The summed E-state index contributed by atoms with van der Waals surface area (Å²) < 4.78 is 16.0. The SMILES string of the molecule is COc1cc(OCc2ccccc2)ccc1OCC(=O)O. The van der Waals surface area contributed by atoms with Gasteiger partial charge in [-0.3, -0.25) is 0 Å². The van der Waals surface area contributed by atoms with Crippen molar-refractivity contribution in [2.24, 2.45) is 0 Å². The largest absolute Gasteiger partial charge is 0.493 e. The highest BCUT2D eigenvalue weighted by Crippen LogP contribution is 2.31. The van der Waals surface area contributed by atoms with Gasteiger partial charge in [-0.05, 0) is 17.7 Å². The minimum atomic E-state index is -1.04. The summed E-state index contributed by atoms with van der Waals surface area (Å²) in [7, 11) is 1.49. The minimum absolute atomic E-state index is 0.368. The van der Waals surface area contributed by atoms with E-state index >= 15 is 0 Å². The Hall–Kier alpha value is -2.69. The minimum Gasteiger partial charge on any atom is -0.493 e. The predicted molar refractivity (Wildman–Crippen MR) is 76.9 cm³/mol. The number of carboxylic acids is 1. The number of aliphatic carboxylic acids is 1. The lowest BCUT2D eigenvalue weighted by Gasteiger charge is -2.12. The summed E-state index contributed by atoms with van der Waals surface area (Å²) in [5, 5.41) is 8.61. The molecule has 5 heteroatoms. The average molecular weight is 288 g/mol. The molecule has 2 rings (SSSR count). The molecule has 0 aliphatic heterocycles. The summed E-state index contributed by atoms with van der Waals surface area (Å²) in [6.07, 6.45) is 0. The van der Waals surface area contributed by atoms with Gasteiger partial charge >= 0.3 is 5.97 Å². The summed E-state index contributed by atoms with van der Waals surface area (Å²) in [5.41, 5.74) is 1.06. The number of benzene rings is 2. The average Bonchev–Trinajstić information content (AvgIpc) is 2.52. The third kappa shape index (κ3) is 4.42. The molecule has 0 atom stereocenters. The summed E-state index contributed by atoms with van der Waals surface area (Å²) in [5.74, 6) is 0.383. The van der Waals surface area contributed by atoms with E-state index in [0.717, 1.165) is 5.56 Å². The first-order valence-corrected chi connectivity index (χ1v) is 6.38. The standard InChI is InChI=1S/C16H16O5/c1-19-15-9-13(7-8-14(15)21-11-16(17)18)20-10-12-5-3-2-4-6-12/h2-9H,10-11H2,1H3,(H,17,18). The number of hydrogen-bond acceptors (Lipinski definition) is 4. The van der Waals surface area contributed by atoms with Gasteiger partial charge in [0.1, 0.15) is 12.4 Å². The van der Waals surface area contributed by atoms with Gasteiger partial charge in [0.25, 0.3) is 0 Å². The van der Waals surface area contributed by atoms with E-state index in [4.69, 9.17) is 19.3 Å². The number of carbonyl (C=O) groups is 1. The van der Waals surface area contributed by atoms with Gasteiger partial charge in [-0.2, -0.15) is 0 Å². The second-order valence-electron chi connectivity index (χ2n) is 4.27. The molecule has 2 aromatic rings. The molecule has 0 heterocycles. The number of hydrogen-bond donors (Lipinski definition) is 1. The quantitative estimate of drug-likeness (QED) is 0.848. The molecule has 2 aromatic carbocycles. The molecule has 0 aromatic heterocycles. The van der Waals surface area contributed by atoms with Gasteiger partial charge in [-0.15, -0.1) is 0 Å². The Bertz CT molecular complexity index is 595. The van der Waals surface area contributed by atoms with Crippen molar-refractivity contribution in [1.29, 1.82) is 0 Å². The number of carboxylic acid groups (broad SMARTS) is 1.